The van der Waals surface area contributed by atoms with Gasteiger partial charge in [0.05, 0.1) is 0 Å². The number of amides is 1. The monoisotopic (exact) mass is 226 g/mol. The van der Waals surface area contributed by atoms with Crippen LogP contribution in [0.1, 0.15) is 24.3 Å². The third kappa shape index (κ3) is 3.51. The van der Waals surface area contributed by atoms with Crippen LogP contribution in [0.4, 0.5) is 0 Å². The lowest BCUT2D eigenvalue weighted by atomic mass is 10.1. The third-order valence-corrected chi connectivity index (χ3v) is 2.52. The van der Waals surface area contributed by atoms with Crippen molar-refractivity contribution < 1.29 is 4.79 Å². The second-order valence-electron chi connectivity index (χ2n) is 3.69. The summed E-state index contributed by atoms with van der Waals surface area (Å²) in [4.78, 5) is 15.7. The first kappa shape index (κ1) is 12.0. The van der Waals surface area contributed by atoms with Gasteiger partial charge in [0.25, 0.3) is 5.91 Å². The van der Waals surface area contributed by atoms with Gasteiger partial charge in [-0.25, -0.2) is 0 Å². The van der Waals surface area contributed by atoms with Crippen molar-refractivity contribution >= 4 is 17.5 Å². The second kappa shape index (κ2) is 5.71. The lowest BCUT2D eigenvalue weighted by Crippen LogP contribution is -2.40. The molecule has 0 bridgehead atoms. The topological polar surface area (TPSA) is 42.0 Å². The number of carbonyl (C=O) groups excluding carboxylic acids is 1. The van der Waals surface area contributed by atoms with Gasteiger partial charge in [0.15, 0.2) is 0 Å². The Balaban J connectivity index is 2.63. The number of halogens is 1. The van der Waals surface area contributed by atoms with Crippen molar-refractivity contribution in [2.24, 2.45) is 5.92 Å². The Labute approximate surface area is 94.9 Å². The predicted octanol–water partition coefficient (Wildman–Crippen LogP) is 2.07. The average molecular weight is 227 g/mol. The quantitative estimate of drug-likeness (QED) is 0.799. The second-order valence-corrected chi connectivity index (χ2v) is 4.00. The fourth-order valence-corrected chi connectivity index (χ4v) is 1.56. The average Bonchev–Trinajstić information content (AvgIpc) is 2.26. The van der Waals surface area contributed by atoms with Gasteiger partial charge in [-0.2, -0.15) is 0 Å². The van der Waals surface area contributed by atoms with Gasteiger partial charge in [-0.3, -0.25) is 9.78 Å². The molecule has 0 saturated heterocycles. The van der Waals surface area contributed by atoms with E-state index in [9.17, 15) is 4.79 Å². The summed E-state index contributed by atoms with van der Waals surface area (Å²) in [6, 6.07) is 5.23. The van der Waals surface area contributed by atoms with Crippen LogP contribution in [0, 0.1) is 5.92 Å². The van der Waals surface area contributed by atoms with Gasteiger partial charge in [-0.15, -0.1) is 11.6 Å². The zero-order valence-corrected chi connectivity index (χ0v) is 9.66. The number of rotatable bonds is 4. The smallest absolute Gasteiger partial charge is 0.270 e. The third-order valence-electron chi connectivity index (χ3n) is 2.18. The molecular formula is C11H15ClN2O. The van der Waals surface area contributed by atoms with Crippen molar-refractivity contribution in [1.82, 2.24) is 10.3 Å². The summed E-state index contributed by atoms with van der Waals surface area (Å²) < 4.78 is 0. The highest BCUT2D eigenvalue weighted by molar-refractivity contribution is 6.18. The van der Waals surface area contributed by atoms with E-state index in [1.165, 1.54) is 0 Å². The molecule has 1 atom stereocenters. The number of nitrogens with zero attached hydrogens (tertiary/aromatic N) is 1. The number of carbonyl (C=O) groups is 1. The first-order valence-corrected chi connectivity index (χ1v) is 5.46. The molecule has 1 N–H and O–H groups in total. The molecule has 0 spiro atoms. The molecule has 0 aliphatic rings. The number of pyridine rings is 1. The predicted molar refractivity (Wildman–Crippen MR) is 61.0 cm³/mol. The Morgan fingerprint density at radius 3 is 2.73 bits per heavy atom. The van der Waals surface area contributed by atoms with E-state index in [4.69, 9.17) is 11.6 Å². The molecule has 0 fully saturated rings. The van der Waals surface area contributed by atoms with Crippen LogP contribution in [0.2, 0.25) is 0 Å². The molecule has 1 amide bonds. The van der Waals surface area contributed by atoms with Gasteiger partial charge in [0.2, 0.25) is 0 Å². The minimum absolute atomic E-state index is 0.0128. The van der Waals surface area contributed by atoms with E-state index in [1.807, 2.05) is 13.8 Å². The van der Waals surface area contributed by atoms with Crippen LogP contribution in [0.3, 0.4) is 0 Å². The summed E-state index contributed by atoms with van der Waals surface area (Å²) >= 11 is 5.76. The largest absolute Gasteiger partial charge is 0.347 e. The molecule has 4 heteroatoms. The van der Waals surface area contributed by atoms with E-state index in [1.54, 1.807) is 24.4 Å². The highest BCUT2D eigenvalue weighted by Gasteiger charge is 2.16. The van der Waals surface area contributed by atoms with Gasteiger partial charge in [0.1, 0.15) is 5.69 Å². The fourth-order valence-electron chi connectivity index (χ4n) is 1.12. The zero-order chi connectivity index (χ0) is 11.3. The maximum absolute atomic E-state index is 11.7. The lowest BCUT2D eigenvalue weighted by Gasteiger charge is -2.19. The van der Waals surface area contributed by atoms with E-state index >= 15 is 0 Å². The molecule has 1 aromatic heterocycles. The summed E-state index contributed by atoms with van der Waals surface area (Å²) in [5, 5.41) is 2.85. The summed E-state index contributed by atoms with van der Waals surface area (Å²) in [5.41, 5.74) is 0.424. The molecule has 0 aromatic carbocycles. The summed E-state index contributed by atoms with van der Waals surface area (Å²) in [6.45, 7) is 4.04. The first-order chi connectivity index (χ1) is 7.15. The Kier molecular flexibility index (Phi) is 4.56. The molecule has 82 valence electrons. The van der Waals surface area contributed by atoms with Gasteiger partial charge in [-0.05, 0) is 18.1 Å². The Morgan fingerprint density at radius 1 is 1.53 bits per heavy atom. The van der Waals surface area contributed by atoms with Gasteiger partial charge in [-0.1, -0.05) is 19.9 Å². The van der Waals surface area contributed by atoms with Crippen LogP contribution in [-0.2, 0) is 0 Å². The minimum Gasteiger partial charge on any atom is -0.347 e. The summed E-state index contributed by atoms with van der Waals surface area (Å²) in [7, 11) is 0. The molecular weight excluding hydrogens is 212 g/mol. The van der Waals surface area contributed by atoms with Crippen LogP contribution in [0.25, 0.3) is 0 Å². The Bertz CT molecular complexity index is 314. The van der Waals surface area contributed by atoms with Crippen molar-refractivity contribution in [3.63, 3.8) is 0 Å². The van der Waals surface area contributed by atoms with E-state index in [0.29, 0.717) is 17.5 Å². The summed E-state index contributed by atoms with van der Waals surface area (Å²) in [6.07, 6.45) is 1.60. The lowest BCUT2D eigenvalue weighted by molar-refractivity contribution is 0.0926. The van der Waals surface area contributed by atoms with Crippen LogP contribution in [0.5, 0.6) is 0 Å². The van der Waals surface area contributed by atoms with Crippen LogP contribution in [-0.4, -0.2) is 22.8 Å². The van der Waals surface area contributed by atoms with Crippen molar-refractivity contribution in [3.8, 4) is 0 Å². The number of hydrogen-bond donors (Lipinski definition) is 1. The molecule has 1 heterocycles. The van der Waals surface area contributed by atoms with Crippen LogP contribution in [0.15, 0.2) is 24.4 Å². The highest BCUT2D eigenvalue weighted by atomic mass is 35.5. The molecule has 15 heavy (non-hydrogen) atoms. The summed E-state index contributed by atoms with van der Waals surface area (Å²) in [5.74, 6) is 0.557. The molecule has 1 rings (SSSR count). The van der Waals surface area contributed by atoms with Crippen molar-refractivity contribution in [2.45, 2.75) is 19.9 Å². The van der Waals surface area contributed by atoms with Crippen LogP contribution < -0.4 is 5.32 Å². The van der Waals surface area contributed by atoms with Crippen LogP contribution >= 0.6 is 11.6 Å². The maximum atomic E-state index is 11.7. The molecule has 0 radical (unpaired) electrons. The van der Waals surface area contributed by atoms with Crippen molar-refractivity contribution in [3.05, 3.63) is 30.1 Å². The zero-order valence-electron chi connectivity index (χ0n) is 8.90. The Hall–Kier alpha value is -1.09. The van der Waals surface area contributed by atoms with E-state index in [2.05, 4.69) is 10.3 Å². The number of hydrogen-bond acceptors (Lipinski definition) is 2. The number of alkyl halides is 1. The molecule has 1 unspecified atom stereocenters. The molecule has 1 aromatic rings. The maximum Gasteiger partial charge on any atom is 0.270 e. The Morgan fingerprint density at radius 2 is 2.27 bits per heavy atom. The van der Waals surface area contributed by atoms with Gasteiger partial charge >= 0.3 is 0 Å². The normalized spacial score (nSPS) is 12.5. The van der Waals surface area contributed by atoms with E-state index in [-0.39, 0.29) is 11.9 Å². The van der Waals surface area contributed by atoms with E-state index < -0.39 is 0 Å². The van der Waals surface area contributed by atoms with E-state index in [0.717, 1.165) is 0 Å². The van der Waals surface area contributed by atoms with Gasteiger partial charge < -0.3 is 5.32 Å². The molecule has 3 nitrogen and oxygen atoms in total. The van der Waals surface area contributed by atoms with Crippen molar-refractivity contribution in [1.29, 1.82) is 0 Å². The molecule has 0 aliphatic carbocycles. The number of nitrogens with one attached hydrogen (secondary N) is 1. The standard InChI is InChI=1S/C11H15ClN2O/c1-8(2)10(7-12)14-11(15)9-5-3-4-6-13-9/h3-6,8,10H,7H2,1-2H3,(H,14,15). The molecule has 0 aliphatic heterocycles. The molecule has 0 saturated carbocycles. The highest BCUT2D eigenvalue weighted by Crippen LogP contribution is 2.04. The van der Waals surface area contributed by atoms with Crippen molar-refractivity contribution in [2.75, 3.05) is 5.88 Å². The number of aromatic nitrogens is 1. The minimum atomic E-state index is -0.171. The first-order valence-electron chi connectivity index (χ1n) is 4.93. The van der Waals surface area contributed by atoms with Gasteiger partial charge in [0, 0.05) is 18.1 Å². The fraction of sp³-hybridized carbons (Fsp3) is 0.455. The SMILES string of the molecule is CC(C)C(CCl)NC(=O)c1ccccn1.